The van der Waals surface area contributed by atoms with Gasteiger partial charge in [-0.1, -0.05) is 22.6 Å². The summed E-state index contributed by atoms with van der Waals surface area (Å²) in [6.45, 7) is 4.21. The molecule has 2 aromatic rings. The Balaban J connectivity index is 1.89. The Morgan fingerprint density at radius 2 is 2.14 bits per heavy atom. The number of aryl methyl sites for hydroxylation is 1. The maximum Gasteiger partial charge on any atom is 0.203 e. The number of nitrogens with zero attached hydrogens (tertiary/aromatic N) is 5. The predicted octanol–water partition coefficient (Wildman–Crippen LogP) is 0.661. The molecular formula is C13H19BIN6. The zero-order valence-electron chi connectivity index (χ0n) is 12.4. The van der Waals surface area contributed by atoms with Gasteiger partial charge in [-0.2, -0.15) is 0 Å². The van der Waals surface area contributed by atoms with Crippen molar-refractivity contribution in [2.24, 2.45) is 0 Å². The van der Waals surface area contributed by atoms with Gasteiger partial charge in [-0.15, -0.1) is 10.2 Å². The lowest BCUT2D eigenvalue weighted by atomic mass is 9.78. The van der Waals surface area contributed by atoms with Gasteiger partial charge in [-0.05, 0) is 44.2 Å². The van der Waals surface area contributed by atoms with Crippen molar-refractivity contribution in [3.63, 3.8) is 0 Å². The van der Waals surface area contributed by atoms with E-state index in [1.165, 1.54) is 0 Å². The minimum atomic E-state index is 0.462. The molecule has 2 aromatic heterocycles. The second kappa shape index (κ2) is 6.47. The average molecular weight is 397 g/mol. The summed E-state index contributed by atoms with van der Waals surface area (Å²) in [5.74, 6) is 1.74. The Kier molecular flexibility index (Phi) is 4.63. The number of halogens is 1. The van der Waals surface area contributed by atoms with E-state index < -0.39 is 0 Å². The maximum atomic E-state index is 4.71. The van der Waals surface area contributed by atoms with E-state index >= 15 is 0 Å². The fourth-order valence-corrected chi connectivity index (χ4v) is 3.10. The molecule has 0 bridgehead atoms. The maximum absolute atomic E-state index is 4.71. The SMILES string of the molecule is Cc1nnc2c(NC3CCN(C)CC3)nc([B]CI)cn12. The molecule has 0 spiro atoms. The molecule has 111 valence electrons. The van der Waals surface area contributed by atoms with Crippen LogP contribution in [-0.4, -0.2) is 62.3 Å². The summed E-state index contributed by atoms with van der Waals surface area (Å²) in [7, 11) is 4.28. The summed E-state index contributed by atoms with van der Waals surface area (Å²) < 4.78 is 2.95. The van der Waals surface area contributed by atoms with Gasteiger partial charge in [0.1, 0.15) is 5.82 Å². The second-order valence-corrected chi connectivity index (χ2v) is 6.42. The number of likely N-dealkylation sites (tertiary alicyclic amines) is 1. The van der Waals surface area contributed by atoms with Crippen molar-refractivity contribution in [3.05, 3.63) is 12.0 Å². The highest BCUT2D eigenvalue weighted by Gasteiger charge is 2.19. The zero-order valence-corrected chi connectivity index (χ0v) is 14.5. The van der Waals surface area contributed by atoms with Crippen molar-refractivity contribution < 1.29 is 0 Å². The first-order valence-electron chi connectivity index (χ1n) is 7.24. The molecule has 0 amide bonds. The van der Waals surface area contributed by atoms with Gasteiger partial charge in [-0.3, -0.25) is 4.40 Å². The molecule has 8 heteroatoms. The molecule has 0 unspecified atom stereocenters. The van der Waals surface area contributed by atoms with E-state index in [1.54, 1.807) is 0 Å². The molecule has 0 saturated carbocycles. The molecule has 0 aromatic carbocycles. The Bertz CT molecular complexity index is 622. The number of hydrogen-bond acceptors (Lipinski definition) is 5. The van der Waals surface area contributed by atoms with Gasteiger partial charge >= 0.3 is 0 Å². The van der Waals surface area contributed by atoms with Crippen molar-refractivity contribution in [2.45, 2.75) is 25.8 Å². The summed E-state index contributed by atoms with van der Waals surface area (Å²) in [6, 6.07) is 0.462. The van der Waals surface area contributed by atoms with Crippen LogP contribution in [0.15, 0.2) is 6.20 Å². The molecule has 3 rings (SSSR count). The quantitative estimate of drug-likeness (QED) is 0.467. The molecule has 21 heavy (non-hydrogen) atoms. The average Bonchev–Trinajstić information content (AvgIpc) is 2.84. The molecule has 3 heterocycles. The first kappa shape index (κ1) is 15.0. The third kappa shape index (κ3) is 3.31. The normalized spacial score (nSPS) is 17.3. The molecular weight excluding hydrogens is 378 g/mol. The minimum Gasteiger partial charge on any atom is -0.364 e. The molecule has 1 radical (unpaired) electrons. The summed E-state index contributed by atoms with van der Waals surface area (Å²) in [5.41, 5.74) is 1.78. The fraction of sp³-hybridized carbons (Fsp3) is 0.615. The first-order chi connectivity index (χ1) is 10.2. The zero-order chi connectivity index (χ0) is 14.8. The Hall–Kier alpha value is -0.895. The van der Waals surface area contributed by atoms with E-state index in [0.717, 1.165) is 53.1 Å². The van der Waals surface area contributed by atoms with Crippen molar-refractivity contribution in [1.29, 1.82) is 0 Å². The second-order valence-electron chi connectivity index (χ2n) is 5.54. The topological polar surface area (TPSA) is 58.4 Å². The molecule has 1 saturated heterocycles. The van der Waals surface area contributed by atoms with Crippen molar-refractivity contribution in [1.82, 2.24) is 24.5 Å². The van der Waals surface area contributed by atoms with Crippen LogP contribution in [0.4, 0.5) is 5.82 Å². The van der Waals surface area contributed by atoms with E-state index in [9.17, 15) is 0 Å². The van der Waals surface area contributed by atoms with Gasteiger partial charge in [0.05, 0.1) is 0 Å². The van der Waals surface area contributed by atoms with E-state index in [1.807, 2.05) is 17.5 Å². The third-order valence-corrected chi connectivity index (χ3v) is 4.37. The van der Waals surface area contributed by atoms with Gasteiger partial charge in [-0.25, -0.2) is 4.98 Å². The number of alkyl halides is 1. The van der Waals surface area contributed by atoms with Crippen molar-refractivity contribution in [3.8, 4) is 0 Å². The highest BCUT2D eigenvalue weighted by molar-refractivity contribution is 14.1. The van der Waals surface area contributed by atoms with Crippen LogP contribution in [0.1, 0.15) is 18.7 Å². The molecule has 0 aliphatic carbocycles. The molecule has 6 nitrogen and oxygen atoms in total. The summed E-state index contributed by atoms with van der Waals surface area (Å²) in [5, 5.41) is 12.0. The van der Waals surface area contributed by atoms with Crippen LogP contribution in [0.5, 0.6) is 0 Å². The largest absolute Gasteiger partial charge is 0.364 e. The number of nitrogens with one attached hydrogen (secondary N) is 1. The highest BCUT2D eigenvalue weighted by atomic mass is 127. The molecule has 0 atom stereocenters. The lowest BCUT2D eigenvalue weighted by molar-refractivity contribution is 0.263. The third-order valence-electron chi connectivity index (χ3n) is 3.93. The fourth-order valence-electron chi connectivity index (χ4n) is 2.65. The van der Waals surface area contributed by atoms with E-state index in [4.69, 9.17) is 4.98 Å². The van der Waals surface area contributed by atoms with Crippen molar-refractivity contribution in [2.75, 3.05) is 29.8 Å². The van der Waals surface area contributed by atoms with Crippen LogP contribution >= 0.6 is 22.6 Å². The van der Waals surface area contributed by atoms with Gasteiger partial charge in [0, 0.05) is 17.8 Å². The lowest BCUT2D eigenvalue weighted by Gasteiger charge is -2.29. The van der Waals surface area contributed by atoms with Crippen molar-refractivity contribution >= 4 is 46.9 Å². The van der Waals surface area contributed by atoms with E-state index in [0.29, 0.717) is 6.04 Å². The number of fused-ring (bicyclic) bond motifs is 1. The smallest absolute Gasteiger partial charge is 0.203 e. The van der Waals surface area contributed by atoms with Crippen LogP contribution < -0.4 is 10.9 Å². The van der Waals surface area contributed by atoms with E-state index in [-0.39, 0.29) is 0 Å². The summed E-state index contributed by atoms with van der Waals surface area (Å²) in [4.78, 5) is 7.07. The summed E-state index contributed by atoms with van der Waals surface area (Å²) in [6.07, 6.45) is 4.28. The molecule has 1 fully saturated rings. The van der Waals surface area contributed by atoms with Gasteiger partial charge in [0.15, 0.2) is 13.1 Å². The van der Waals surface area contributed by atoms with Crippen LogP contribution in [0.25, 0.3) is 5.65 Å². The minimum absolute atomic E-state index is 0.462. The molecule has 1 N–H and O–H groups in total. The lowest BCUT2D eigenvalue weighted by Crippen LogP contribution is -2.37. The van der Waals surface area contributed by atoms with Gasteiger partial charge in [0.2, 0.25) is 5.65 Å². The Labute approximate surface area is 139 Å². The number of piperidine rings is 1. The monoisotopic (exact) mass is 397 g/mol. The Morgan fingerprint density at radius 1 is 1.38 bits per heavy atom. The number of rotatable bonds is 4. The highest BCUT2D eigenvalue weighted by Crippen LogP contribution is 2.17. The standard InChI is InChI=1S/C13H19BIN6/c1-9-18-19-13-12(16-10-3-5-20(2)6-4-10)17-11(14-8-15)7-21(9)13/h7,10H,3-6,8H2,1-2H3,(H,16,17). The van der Waals surface area contributed by atoms with Crippen LogP contribution in [0.3, 0.4) is 0 Å². The summed E-state index contributed by atoms with van der Waals surface area (Å²) >= 11 is 2.33. The number of anilines is 1. The van der Waals surface area contributed by atoms with Crippen LogP contribution in [-0.2, 0) is 0 Å². The number of hydrogen-bond donors (Lipinski definition) is 1. The first-order valence-corrected chi connectivity index (χ1v) is 8.76. The van der Waals surface area contributed by atoms with Gasteiger partial charge < -0.3 is 10.2 Å². The van der Waals surface area contributed by atoms with E-state index in [2.05, 4.69) is 57.3 Å². The predicted molar refractivity (Wildman–Crippen MR) is 93.9 cm³/mol. The Morgan fingerprint density at radius 3 is 2.86 bits per heavy atom. The molecule has 1 aliphatic rings. The van der Waals surface area contributed by atoms with Crippen LogP contribution in [0.2, 0.25) is 0 Å². The van der Waals surface area contributed by atoms with Gasteiger partial charge in [0.25, 0.3) is 0 Å². The number of aromatic nitrogens is 4. The molecule has 1 aliphatic heterocycles. The van der Waals surface area contributed by atoms with Crippen LogP contribution in [0, 0.1) is 6.92 Å².